The molecule has 0 aliphatic carbocycles. The first kappa shape index (κ1) is 16.8. The van der Waals surface area contributed by atoms with Crippen LogP contribution in [-0.2, 0) is 9.53 Å². The Morgan fingerprint density at radius 1 is 1.14 bits per heavy atom. The minimum Gasteiger partial charge on any atom is -0.381 e. The molecule has 1 aromatic rings. The molecule has 1 heterocycles. The molecule has 0 bridgehead atoms. The topological polar surface area (TPSA) is 67.4 Å². The molecule has 2 N–H and O–H groups in total. The fourth-order valence-corrected chi connectivity index (χ4v) is 3.25. The SMILES string of the molecule is O=C(CNC(=O)c1ccccc1)NCCSC1CCOCC1. The number of carbonyl (C=O) groups is 2. The predicted molar refractivity (Wildman–Crippen MR) is 88.1 cm³/mol. The van der Waals surface area contributed by atoms with Crippen molar-refractivity contribution < 1.29 is 14.3 Å². The standard InChI is InChI=1S/C16H22N2O3S/c19-15(12-18-16(20)13-4-2-1-3-5-13)17-8-11-22-14-6-9-21-10-7-14/h1-5,14H,6-12H2,(H,17,19)(H,18,20). The second kappa shape index (κ2) is 9.48. The van der Waals surface area contributed by atoms with Gasteiger partial charge in [0.25, 0.3) is 5.91 Å². The number of ether oxygens (including phenoxy) is 1. The number of hydrogen-bond acceptors (Lipinski definition) is 4. The van der Waals surface area contributed by atoms with Crippen LogP contribution in [0.4, 0.5) is 0 Å². The van der Waals surface area contributed by atoms with Crippen LogP contribution < -0.4 is 10.6 Å². The van der Waals surface area contributed by atoms with E-state index < -0.39 is 0 Å². The minimum atomic E-state index is -0.229. The van der Waals surface area contributed by atoms with E-state index in [0.717, 1.165) is 31.8 Å². The second-order valence-electron chi connectivity index (χ2n) is 5.08. The van der Waals surface area contributed by atoms with E-state index >= 15 is 0 Å². The van der Waals surface area contributed by atoms with Crippen molar-refractivity contribution in [3.63, 3.8) is 0 Å². The van der Waals surface area contributed by atoms with Crippen LogP contribution in [0, 0.1) is 0 Å². The maximum atomic E-state index is 11.8. The Morgan fingerprint density at radius 3 is 2.59 bits per heavy atom. The molecule has 6 heteroatoms. The number of nitrogens with one attached hydrogen (secondary N) is 2. The van der Waals surface area contributed by atoms with Crippen molar-refractivity contribution in [2.75, 3.05) is 32.1 Å². The lowest BCUT2D eigenvalue weighted by Crippen LogP contribution is -2.37. The summed E-state index contributed by atoms with van der Waals surface area (Å²) in [5.41, 5.74) is 0.561. The average Bonchev–Trinajstić information content (AvgIpc) is 2.58. The van der Waals surface area contributed by atoms with Crippen molar-refractivity contribution in [2.24, 2.45) is 0 Å². The summed E-state index contributed by atoms with van der Waals surface area (Å²) in [5.74, 6) is 0.507. The van der Waals surface area contributed by atoms with Gasteiger partial charge < -0.3 is 15.4 Å². The van der Waals surface area contributed by atoms with Crippen LogP contribution in [0.2, 0.25) is 0 Å². The van der Waals surface area contributed by atoms with Gasteiger partial charge in [-0.1, -0.05) is 18.2 Å². The predicted octanol–water partition coefficient (Wildman–Crippen LogP) is 1.44. The Bertz CT molecular complexity index is 476. The lowest BCUT2D eigenvalue weighted by atomic mass is 10.2. The first-order valence-electron chi connectivity index (χ1n) is 7.55. The first-order valence-corrected chi connectivity index (χ1v) is 8.60. The van der Waals surface area contributed by atoms with E-state index in [-0.39, 0.29) is 18.4 Å². The summed E-state index contributed by atoms with van der Waals surface area (Å²) >= 11 is 1.88. The molecular weight excluding hydrogens is 300 g/mol. The van der Waals surface area contributed by atoms with Gasteiger partial charge in [-0.2, -0.15) is 11.8 Å². The molecule has 0 unspecified atom stereocenters. The molecule has 0 aromatic heterocycles. The van der Waals surface area contributed by atoms with Gasteiger partial charge in [0, 0.05) is 36.3 Å². The third-order valence-corrected chi connectivity index (χ3v) is 4.77. The Labute approximate surface area is 135 Å². The van der Waals surface area contributed by atoms with Crippen molar-refractivity contribution >= 4 is 23.6 Å². The highest BCUT2D eigenvalue weighted by Gasteiger charge is 2.13. The normalized spacial score (nSPS) is 15.3. The van der Waals surface area contributed by atoms with E-state index in [1.807, 2.05) is 17.8 Å². The second-order valence-corrected chi connectivity index (χ2v) is 6.49. The third kappa shape index (κ3) is 6.07. The highest BCUT2D eigenvalue weighted by Crippen LogP contribution is 2.21. The molecule has 2 rings (SSSR count). The molecule has 0 radical (unpaired) electrons. The van der Waals surface area contributed by atoms with Crippen molar-refractivity contribution in [1.82, 2.24) is 10.6 Å². The maximum Gasteiger partial charge on any atom is 0.251 e. The fourth-order valence-electron chi connectivity index (χ4n) is 2.17. The van der Waals surface area contributed by atoms with Crippen molar-refractivity contribution in [3.05, 3.63) is 35.9 Å². The van der Waals surface area contributed by atoms with Gasteiger partial charge in [-0.15, -0.1) is 0 Å². The lowest BCUT2D eigenvalue weighted by molar-refractivity contribution is -0.120. The van der Waals surface area contributed by atoms with Gasteiger partial charge in [-0.3, -0.25) is 9.59 Å². The van der Waals surface area contributed by atoms with Crippen LogP contribution in [0.1, 0.15) is 23.2 Å². The molecule has 1 aliphatic heterocycles. The van der Waals surface area contributed by atoms with E-state index in [2.05, 4.69) is 10.6 Å². The zero-order valence-electron chi connectivity index (χ0n) is 12.5. The molecule has 0 spiro atoms. The third-order valence-electron chi connectivity index (χ3n) is 3.39. The number of thioether (sulfide) groups is 1. The molecule has 1 aromatic carbocycles. The first-order chi connectivity index (χ1) is 10.8. The van der Waals surface area contributed by atoms with Crippen LogP contribution in [-0.4, -0.2) is 49.1 Å². The summed E-state index contributed by atoms with van der Waals surface area (Å²) in [4.78, 5) is 23.5. The summed E-state index contributed by atoms with van der Waals surface area (Å²) in [6.45, 7) is 2.32. The Kier molecular flexibility index (Phi) is 7.25. The number of carbonyl (C=O) groups excluding carboxylic acids is 2. The van der Waals surface area contributed by atoms with Crippen molar-refractivity contribution in [3.8, 4) is 0 Å². The molecule has 120 valence electrons. The highest BCUT2D eigenvalue weighted by molar-refractivity contribution is 7.99. The van der Waals surface area contributed by atoms with Gasteiger partial charge in [0.1, 0.15) is 0 Å². The van der Waals surface area contributed by atoms with Crippen LogP contribution in [0.3, 0.4) is 0 Å². The van der Waals surface area contributed by atoms with E-state index in [1.165, 1.54) is 0 Å². The molecule has 5 nitrogen and oxygen atoms in total. The van der Waals surface area contributed by atoms with Gasteiger partial charge in [0.15, 0.2) is 0 Å². The molecule has 1 aliphatic rings. The number of hydrogen-bond donors (Lipinski definition) is 2. The Hall–Kier alpha value is -1.53. The number of rotatable bonds is 7. The van der Waals surface area contributed by atoms with Crippen LogP contribution in [0.15, 0.2) is 30.3 Å². The molecule has 1 fully saturated rings. The molecule has 0 atom stereocenters. The van der Waals surface area contributed by atoms with Gasteiger partial charge in [-0.25, -0.2) is 0 Å². The monoisotopic (exact) mass is 322 g/mol. The Morgan fingerprint density at radius 2 is 1.86 bits per heavy atom. The van der Waals surface area contributed by atoms with E-state index in [4.69, 9.17) is 4.74 Å². The van der Waals surface area contributed by atoms with Crippen molar-refractivity contribution in [2.45, 2.75) is 18.1 Å². The molecule has 0 saturated carbocycles. The largest absolute Gasteiger partial charge is 0.381 e. The fraction of sp³-hybridized carbons (Fsp3) is 0.500. The van der Waals surface area contributed by atoms with Crippen LogP contribution >= 0.6 is 11.8 Å². The van der Waals surface area contributed by atoms with Crippen LogP contribution in [0.5, 0.6) is 0 Å². The zero-order chi connectivity index (χ0) is 15.6. The van der Waals surface area contributed by atoms with Gasteiger partial charge in [0.2, 0.25) is 5.91 Å². The summed E-state index contributed by atoms with van der Waals surface area (Å²) in [6.07, 6.45) is 2.18. The number of amides is 2. The van der Waals surface area contributed by atoms with Gasteiger partial charge in [0.05, 0.1) is 6.54 Å². The summed E-state index contributed by atoms with van der Waals surface area (Å²) in [6, 6.07) is 8.88. The summed E-state index contributed by atoms with van der Waals surface area (Å²) in [5, 5.41) is 6.08. The molecular formula is C16H22N2O3S. The maximum absolute atomic E-state index is 11.8. The van der Waals surface area contributed by atoms with Crippen LogP contribution in [0.25, 0.3) is 0 Å². The zero-order valence-corrected chi connectivity index (χ0v) is 13.4. The van der Waals surface area contributed by atoms with Gasteiger partial charge >= 0.3 is 0 Å². The lowest BCUT2D eigenvalue weighted by Gasteiger charge is -2.21. The number of benzene rings is 1. The highest BCUT2D eigenvalue weighted by atomic mass is 32.2. The minimum absolute atomic E-state index is 0.00959. The molecule has 2 amide bonds. The van der Waals surface area contributed by atoms with E-state index in [1.54, 1.807) is 24.3 Å². The molecule has 22 heavy (non-hydrogen) atoms. The smallest absolute Gasteiger partial charge is 0.251 e. The van der Waals surface area contributed by atoms with E-state index in [0.29, 0.717) is 17.4 Å². The Balaban J connectivity index is 1.55. The van der Waals surface area contributed by atoms with Crippen molar-refractivity contribution in [1.29, 1.82) is 0 Å². The summed E-state index contributed by atoms with van der Waals surface area (Å²) in [7, 11) is 0. The molecule has 1 saturated heterocycles. The average molecular weight is 322 g/mol. The van der Waals surface area contributed by atoms with E-state index in [9.17, 15) is 9.59 Å². The summed E-state index contributed by atoms with van der Waals surface area (Å²) < 4.78 is 5.31. The van der Waals surface area contributed by atoms with Gasteiger partial charge in [-0.05, 0) is 25.0 Å². The quantitative estimate of drug-likeness (QED) is 0.746.